The lowest BCUT2D eigenvalue weighted by molar-refractivity contribution is 0.401. The van der Waals surface area contributed by atoms with E-state index < -0.39 is 0 Å². The molecule has 3 nitrogen and oxygen atoms in total. The first-order valence-corrected chi connectivity index (χ1v) is 17.9. The quantitative estimate of drug-likeness (QED) is 0.126. The molecule has 0 N–H and O–H groups in total. The fourth-order valence-corrected chi connectivity index (χ4v) is 6.02. The number of rotatable bonds is 11. The van der Waals surface area contributed by atoms with Crippen molar-refractivity contribution in [3.8, 4) is 11.5 Å². The molecule has 7 aromatic rings. The zero-order valence-corrected chi connectivity index (χ0v) is 30.6. The number of nitrogens with zero attached hydrogens (tertiary/aromatic N) is 1. The van der Waals surface area contributed by atoms with Crippen molar-refractivity contribution in [2.75, 3.05) is 19.1 Å². The van der Waals surface area contributed by atoms with Crippen LogP contribution < -0.4 is 14.4 Å². The summed E-state index contributed by atoms with van der Waals surface area (Å²) in [5, 5.41) is 0. The summed E-state index contributed by atoms with van der Waals surface area (Å²) in [6.45, 7) is 2.09. The lowest BCUT2D eigenvalue weighted by atomic mass is 10.0. The first-order chi connectivity index (χ1) is 26.1. The molecule has 0 aromatic heterocycles. The largest absolute Gasteiger partial charge is 0.496 e. The summed E-state index contributed by atoms with van der Waals surface area (Å²) in [5.74, 6) is 1.58. The molecule has 0 heterocycles. The van der Waals surface area contributed by atoms with Gasteiger partial charge in [0, 0.05) is 28.2 Å². The van der Waals surface area contributed by atoms with E-state index in [0.29, 0.717) is 0 Å². The van der Waals surface area contributed by atoms with Crippen LogP contribution in [0.5, 0.6) is 11.5 Å². The third-order valence-corrected chi connectivity index (χ3v) is 8.84. The van der Waals surface area contributed by atoms with Crippen molar-refractivity contribution >= 4 is 41.4 Å². The van der Waals surface area contributed by atoms with E-state index in [9.17, 15) is 0 Å². The molecular weight excluding hydrogens is 647 g/mol. The van der Waals surface area contributed by atoms with E-state index in [2.05, 4.69) is 194 Å². The number of anilines is 3. The fraction of sp³-hybridized carbons (Fsp3) is 0.0800. The van der Waals surface area contributed by atoms with Gasteiger partial charge in [-0.3, -0.25) is 0 Å². The van der Waals surface area contributed by atoms with Crippen LogP contribution >= 0.6 is 0 Å². The molecule has 0 spiro atoms. The highest BCUT2D eigenvalue weighted by Crippen LogP contribution is 2.35. The Morgan fingerprint density at radius 1 is 0.415 bits per heavy atom. The topological polar surface area (TPSA) is 21.7 Å². The molecule has 0 unspecified atom stereocenters. The summed E-state index contributed by atoms with van der Waals surface area (Å²) >= 11 is 0. The normalized spacial score (nSPS) is 10.8. The predicted molar refractivity (Wildman–Crippen MR) is 225 cm³/mol. The molecule has 0 radical (unpaired) electrons. The van der Waals surface area contributed by atoms with E-state index in [1.54, 1.807) is 14.2 Å². The van der Waals surface area contributed by atoms with Gasteiger partial charge < -0.3 is 14.4 Å². The summed E-state index contributed by atoms with van der Waals surface area (Å²) in [4.78, 5) is 2.25. The highest BCUT2D eigenvalue weighted by atomic mass is 16.5. The maximum absolute atomic E-state index is 5.74. The Bertz CT molecular complexity index is 2120. The van der Waals surface area contributed by atoms with Crippen molar-refractivity contribution in [3.05, 3.63) is 221 Å². The number of ether oxygens (including phenoxy) is 2. The first kappa shape index (κ1) is 36.2. The Hall–Kier alpha value is -6.58. The van der Waals surface area contributed by atoms with E-state index in [-0.39, 0.29) is 0 Å². The molecule has 0 saturated heterocycles. The average molecular weight is 692 g/mol. The lowest BCUT2D eigenvalue weighted by Crippen LogP contribution is -2.09. The van der Waals surface area contributed by atoms with Gasteiger partial charge >= 0.3 is 0 Å². The van der Waals surface area contributed by atoms with E-state index in [1.807, 2.05) is 24.3 Å². The minimum absolute atomic E-state index is 0.788. The summed E-state index contributed by atoms with van der Waals surface area (Å²) in [6, 6.07) is 62.9. The first-order valence-electron chi connectivity index (χ1n) is 17.9. The summed E-state index contributed by atoms with van der Waals surface area (Å²) in [6.07, 6.45) is 9.33. The van der Waals surface area contributed by atoms with Crippen LogP contribution in [0, 0.1) is 6.92 Å². The number of para-hydroxylation sites is 2. The van der Waals surface area contributed by atoms with Gasteiger partial charge in [-0.2, -0.15) is 0 Å². The number of aryl methyl sites for hydroxylation is 1. The molecule has 7 rings (SSSR count). The predicted octanol–water partition coefficient (Wildman–Crippen LogP) is 13.1. The highest BCUT2D eigenvalue weighted by Gasteiger charge is 2.12. The number of hydrogen-bond donors (Lipinski definition) is 0. The monoisotopic (exact) mass is 691 g/mol. The Morgan fingerprint density at radius 2 is 0.774 bits per heavy atom. The third kappa shape index (κ3) is 10.2. The second-order valence-electron chi connectivity index (χ2n) is 12.7. The van der Waals surface area contributed by atoms with Crippen molar-refractivity contribution in [2.24, 2.45) is 0 Å². The van der Waals surface area contributed by atoms with Crippen molar-refractivity contribution < 1.29 is 9.47 Å². The highest BCUT2D eigenvalue weighted by molar-refractivity contribution is 5.80. The van der Waals surface area contributed by atoms with Crippen molar-refractivity contribution in [1.29, 1.82) is 0 Å². The Morgan fingerprint density at radius 3 is 1.17 bits per heavy atom. The SMILES string of the molecule is COc1cc(/C=C/c2ccc(N(c3ccccc3)c3ccccc3)cc2)c(OC)cc1/C=C/c1ccc(C)cc1.c1ccc(Cc2ccccc2)cc1. The smallest absolute Gasteiger partial charge is 0.126 e. The summed E-state index contributed by atoms with van der Waals surface area (Å²) < 4.78 is 11.5. The molecule has 53 heavy (non-hydrogen) atoms. The van der Waals surface area contributed by atoms with Gasteiger partial charge in [0.25, 0.3) is 0 Å². The van der Waals surface area contributed by atoms with Crippen molar-refractivity contribution in [2.45, 2.75) is 13.3 Å². The van der Waals surface area contributed by atoms with Crippen LogP contribution in [-0.2, 0) is 6.42 Å². The van der Waals surface area contributed by atoms with Crippen LogP contribution in [-0.4, -0.2) is 14.2 Å². The second-order valence-corrected chi connectivity index (χ2v) is 12.7. The second kappa shape index (κ2) is 18.6. The molecule has 0 saturated carbocycles. The molecule has 7 aromatic carbocycles. The fourth-order valence-electron chi connectivity index (χ4n) is 6.02. The Balaban J connectivity index is 0.000000309. The van der Waals surface area contributed by atoms with Gasteiger partial charge in [0.1, 0.15) is 11.5 Å². The van der Waals surface area contributed by atoms with Gasteiger partial charge in [0.15, 0.2) is 0 Å². The molecule has 0 aliphatic rings. The zero-order valence-electron chi connectivity index (χ0n) is 30.6. The molecule has 262 valence electrons. The van der Waals surface area contributed by atoms with Gasteiger partial charge in [-0.05, 0) is 84.1 Å². The number of hydrogen-bond acceptors (Lipinski definition) is 3. The van der Waals surface area contributed by atoms with E-state index in [0.717, 1.165) is 57.2 Å². The van der Waals surface area contributed by atoms with E-state index in [4.69, 9.17) is 9.47 Å². The molecule has 0 aliphatic carbocycles. The van der Waals surface area contributed by atoms with Crippen LogP contribution in [0.3, 0.4) is 0 Å². The third-order valence-electron chi connectivity index (χ3n) is 8.84. The molecule has 0 amide bonds. The molecule has 0 atom stereocenters. The standard InChI is InChI=1S/C37H33NO2.C13H12/c1-28-14-16-29(17-15-28)18-22-31-26-37(40-3)32(27-36(31)39-2)23-19-30-20-24-35(25-21-30)38(33-10-6-4-7-11-33)34-12-8-5-9-13-34;1-3-7-12(8-4-1)11-13-9-5-2-6-10-13/h4-27H,1-3H3;1-10H,11H2/b22-18+,23-19+;. The van der Waals surface area contributed by atoms with Gasteiger partial charge in [0.05, 0.1) is 14.2 Å². The lowest BCUT2D eigenvalue weighted by Gasteiger charge is -2.25. The maximum atomic E-state index is 5.74. The van der Waals surface area contributed by atoms with E-state index >= 15 is 0 Å². The van der Waals surface area contributed by atoms with Crippen LogP contribution in [0.4, 0.5) is 17.1 Å². The molecule has 0 fully saturated rings. The summed E-state index contributed by atoms with van der Waals surface area (Å²) in [7, 11) is 3.39. The molecule has 3 heteroatoms. The Kier molecular flexibility index (Phi) is 12.7. The van der Waals surface area contributed by atoms with Gasteiger partial charge in [-0.1, -0.05) is 163 Å². The Labute approximate surface area is 314 Å². The van der Waals surface area contributed by atoms with Crippen molar-refractivity contribution in [3.63, 3.8) is 0 Å². The van der Waals surface area contributed by atoms with Crippen LogP contribution in [0.25, 0.3) is 24.3 Å². The van der Waals surface area contributed by atoms with Crippen molar-refractivity contribution in [1.82, 2.24) is 0 Å². The molecular formula is C50H45NO2. The molecule has 0 aliphatic heterocycles. The number of methoxy groups -OCH3 is 2. The average Bonchev–Trinajstić information content (AvgIpc) is 3.22. The van der Waals surface area contributed by atoms with Crippen LogP contribution in [0.1, 0.15) is 38.9 Å². The number of benzene rings is 7. The molecule has 0 bridgehead atoms. The van der Waals surface area contributed by atoms with Gasteiger partial charge in [0.2, 0.25) is 0 Å². The van der Waals surface area contributed by atoms with Gasteiger partial charge in [-0.25, -0.2) is 0 Å². The van der Waals surface area contributed by atoms with Gasteiger partial charge in [-0.15, -0.1) is 0 Å². The minimum Gasteiger partial charge on any atom is -0.496 e. The maximum Gasteiger partial charge on any atom is 0.126 e. The minimum atomic E-state index is 0.788. The van der Waals surface area contributed by atoms with E-state index in [1.165, 1.54) is 16.7 Å². The van der Waals surface area contributed by atoms with Crippen LogP contribution in [0.15, 0.2) is 182 Å². The zero-order chi connectivity index (χ0) is 36.7. The summed E-state index contributed by atoms with van der Waals surface area (Å²) in [5.41, 5.74) is 11.4. The van der Waals surface area contributed by atoms with Crippen LogP contribution in [0.2, 0.25) is 0 Å².